The zero-order valence-corrected chi connectivity index (χ0v) is 12.5. The number of carbonyl (C=O) groups is 1. The summed E-state index contributed by atoms with van der Waals surface area (Å²) in [6.07, 6.45) is 9.87. The van der Waals surface area contributed by atoms with Gasteiger partial charge in [-0.05, 0) is 25.3 Å². The van der Waals surface area contributed by atoms with E-state index in [2.05, 4.69) is 6.92 Å². The van der Waals surface area contributed by atoms with Crippen LogP contribution < -0.4 is 5.63 Å². The average molecular weight is 278 g/mol. The number of hydrogen-bond acceptors (Lipinski definition) is 3. The van der Waals surface area contributed by atoms with Gasteiger partial charge in [-0.15, -0.1) is 0 Å². The maximum Gasteiger partial charge on any atom is 0.335 e. The molecule has 0 aliphatic rings. The van der Waals surface area contributed by atoms with Crippen molar-refractivity contribution in [3.05, 3.63) is 34.4 Å². The van der Waals surface area contributed by atoms with Gasteiger partial charge in [0.25, 0.3) is 0 Å². The number of unbranched alkanes of at least 4 members (excludes halogenated alkanes) is 5. The average Bonchev–Trinajstić information content (AvgIpc) is 2.43. The lowest BCUT2D eigenvalue weighted by molar-refractivity contribution is -0.119. The SMILES string of the molecule is CCCCCCCC(=O)CCCCc1cccc(=O)o1. The third kappa shape index (κ3) is 7.93. The Kier molecular flexibility index (Phi) is 8.68. The van der Waals surface area contributed by atoms with Gasteiger partial charge < -0.3 is 4.42 Å². The molecule has 0 atom stereocenters. The normalized spacial score (nSPS) is 10.7. The lowest BCUT2D eigenvalue weighted by Gasteiger charge is -2.02. The van der Waals surface area contributed by atoms with Gasteiger partial charge in [-0.2, -0.15) is 0 Å². The van der Waals surface area contributed by atoms with Gasteiger partial charge in [0, 0.05) is 25.3 Å². The lowest BCUT2D eigenvalue weighted by atomic mass is 10.0. The van der Waals surface area contributed by atoms with Gasteiger partial charge >= 0.3 is 5.63 Å². The van der Waals surface area contributed by atoms with E-state index in [0.717, 1.165) is 32.1 Å². The molecule has 1 heterocycles. The largest absolute Gasteiger partial charge is 0.428 e. The highest BCUT2D eigenvalue weighted by Crippen LogP contribution is 2.09. The second kappa shape index (κ2) is 10.4. The Bertz CT molecular complexity index is 434. The van der Waals surface area contributed by atoms with E-state index in [0.29, 0.717) is 18.0 Å². The van der Waals surface area contributed by atoms with E-state index in [1.807, 2.05) is 6.07 Å². The Balaban J connectivity index is 2.03. The van der Waals surface area contributed by atoms with Crippen LogP contribution in [0.25, 0.3) is 0 Å². The minimum absolute atomic E-state index is 0.300. The molecular formula is C17H26O3. The Morgan fingerprint density at radius 1 is 1.00 bits per heavy atom. The molecule has 0 unspecified atom stereocenters. The number of Topliss-reactive ketones (excluding diaryl/α,β-unsaturated/α-hetero) is 1. The fourth-order valence-corrected chi connectivity index (χ4v) is 2.24. The van der Waals surface area contributed by atoms with Crippen LogP contribution in [-0.2, 0) is 11.2 Å². The molecule has 0 aliphatic carbocycles. The fourth-order valence-electron chi connectivity index (χ4n) is 2.24. The molecule has 3 heteroatoms. The van der Waals surface area contributed by atoms with Crippen molar-refractivity contribution in [1.82, 2.24) is 0 Å². The molecule has 1 aromatic rings. The first-order chi connectivity index (χ1) is 9.72. The molecule has 112 valence electrons. The van der Waals surface area contributed by atoms with Crippen molar-refractivity contribution < 1.29 is 9.21 Å². The summed E-state index contributed by atoms with van der Waals surface area (Å²) in [5.74, 6) is 1.08. The van der Waals surface area contributed by atoms with Crippen molar-refractivity contribution in [2.75, 3.05) is 0 Å². The maximum absolute atomic E-state index is 11.7. The second-order valence-electron chi connectivity index (χ2n) is 5.32. The van der Waals surface area contributed by atoms with E-state index in [1.165, 1.54) is 31.7 Å². The Morgan fingerprint density at radius 3 is 2.40 bits per heavy atom. The van der Waals surface area contributed by atoms with Gasteiger partial charge in [0.2, 0.25) is 0 Å². The van der Waals surface area contributed by atoms with Crippen molar-refractivity contribution in [2.24, 2.45) is 0 Å². The summed E-state index contributed by atoms with van der Waals surface area (Å²) in [5.41, 5.74) is -0.300. The van der Waals surface area contributed by atoms with Gasteiger partial charge in [0.05, 0.1) is 0 Å². The molecule has 0 fully saturated rings. The second-order valence-corrected chi connectivity index (χ2v) is 5.32. The van der Waals surface area contributed by atoms with Crippen molar-refractivity contribution in [3.63, 3.8) is 0 Å². The zero-order valence-electron chi connectivity index (χ0n) is 12.5. The summed E-state index contributed by atoms with van der Waals surface area (Å²) >= 11 is 0. The summed E-state index contributed by atoms with van der Waals surface area (Å²) in [4.78, 5) is 22.7. The minimum Gasteiger partial charge on any atom is -0.428 e. The quantitative estimate of drug-likeness (QED) is 0.567. The van der Waals surface area contributed by atoms with Crippen molar-refractivity contribution in [2.45, 2.75) is 71.1 Å². The smallest absolute Gasteiger partial charge is 0.335 e. The van der Waals surface area contributed by atoms with Crippen LogP contribution in [-0.4, -0.2) is 5.78 Å². The molecule has 0 spiro atoms. The molecule has 3 nitrogen and oxygen atoms in total. The van der Waals surface area contributed by atoms with Crippen LogP contribution >= 0.6 is 0 Å². The van der Waals surface area contributed by atoms with Crippen LogP contribution in [0, 0.1) is 0 Å². The maximum atomic E-state index is 11.7. The van der Waals surface area contributed by atoms with E-state index in [9.17, 15) is 9.59 Å². The Hall–Kier alpha value is -1.38. The Morgan fingerprint density at radius 2 is 1.70 bits per heavy atom. The van der Waals surface area contributed by atoms with E-state index in [4.69, 9.17) is 4.42 Å². The number of aryl methyl sites for hydroxylation is 1. The predicted molar refractivity (Wildman–Crippen MR) is 80.9 cm³/mol. The molecule has 0 N–H and O–H groups in total. The van der Waals surface area contributed by atoms with Crippen LogP contribution in [0.1, 0.15) is 70.5 Å². The number of carbonyl (C=O) groups excluding carboxylic acids is 1. The number of ketones is 1. The molecule has 0 saturated heterocycles. The first-order valence-electron chi connectivity index (χ1n) is 7.83. The van der Waals surface area contributed by atoms with Gasteiger partial charge in [-0.25, -0.2) is 4.79 Å². The van der Waals surface area contributed by atoms with Crippen molar-refractivity contribution in [1.29, 1.82) is 0 Å². The highest BCUT2D eigenvalue weighted by molar-refractivity contribution is 5.78. The van der Waals surface area contributed by atoms with E-state index in [1.54, 1.807) is 6.07 Å². The zero-order chi connectivity index (χ0) is 14.6. The molecule has 20 heavy (non-hydrogen) atoms. The Labute approximate surface area is 121 Å². The molecule has 0 aliphatic heterocycles. The highest BCUT2D eigenvalue weighted by Gasteiger charge is 2.03. The van der Waals surface area contributed by atoms with Crippen molar-refractivity contribution in [3.8, 4) is 0 Å². The first-order valence-corrected chi connectivity index (χ1v) is 7.83. The minimum atomic E-state index is -0.300. The molecule has 0 aromatic carbocycles. The van der Waals surface area contributed by atoms with E-state index in [-0.39, 0.29) is 5.63 Å². The van der Waals surface area contributed by atoms with Gasteiger partial charge in [0.15, 0.2) is 0 Å². The molecular weight excluding hydrogens is 252 g/mol. The number of hydrogen-bond donors (Lipinski definition) is 0. The summed E-state index contributed by atoms with van der Waals surface area (Å²) in [6.45, 7) is 2.19. The van der Waals surface area contributed by atoms with Crippen LogP contribution in [0.3, 0.4) is 0 Å². The standard InChI is InChI=1S/C17H26O3/c1-2-3-4-5-6-10-15(18)11-7-8-12-16-13-9-14-17(19)20-16/h9,13-14H,2-8,10-12H2,1H3. The van der Waals surface area contributed by atoms with E-state index < -0.39 is 0 Å². The van der Waals surface area contributed by atoms with Crippen LogP contribution in [0.4, 0.5) is 0 Å². The van der Waals surface area contributed by atoms with Gasteiger partial charge in [-0.1, -0.05) is 38.7 Å². The van der Waals surface area contributed by atoms with Gasteiger partial charge in [0.1, 0.15) is 11.5 Å². The number of rotatable bonds is 11. The fraction of sp³-hybridized carbons (Fsp3) is 0.647. The summed E-state index contributed by atoms with van der Waals surface area (Å²) in [7, 11) is 0. The highest BCUT2D eigenvalue weighted by atomic mass is 16.4. The molecule has 0 amide bonds. The monoisotopic (exact) mass is 278 g/mol. The lowest BCUT2D eigenvalue weighted by Crippen LogP contribution is -2.00. The third-order valence-electron chi connectivity index (χ3n) is 3.43. The van der Waals surface area contributed by atoms with Crippen LogP contribution in [0.15, 0.2) is 27.4 Å². The van der Waals surface area contributed by atoms with Crippen molar-refractivity contribution >= 4 is 5.78 Å². The molecule has 1 aromatic heterocycles. The van der Waals surface area contributed by atoms with Crippen LogP contribution in [0.2, 0.25) is 0 Å². The van der Waals surface area contributed by atoms with E-state index >= 15 is 0 Å². The third-order valence-corrected chi connectivity index (χ3v) is 3.43. The molecule has 0 radical (unpaired) electrons. The summed E-state index contributed by atoms with van der Waals surface area (Å²) in [6, 6.07) is 4.94. The molecule has 0 bridgehead atoms. The molecule has 1 rings (SSSR count). The topological polar surface area (TPSA) is 47.3 Å². The summed E-state index contributed by atoms with van der Waals surface area (Å²) < 4.78 is 5.05. The predicted octanol–water partition coefficient (Wildman–Crippen LogP) is 4.28. The first kappa shape index (κ1) is 16.7. The van der Waals surface area contributed by atoms with Crippen LogP contribution in [0.5, 0.6) is 0 Å². The summed E-state index contributed by atoms with van der Waals surface area (Å²) in [5, 5.41) is 0. The van der Waals surface area contributed by atoms with Gasteiger partial charge in [-0.3, -0.25) is 4.79 Å². The molecule has 0 saturated carbocycles.